The first-order valence-corrected chi connectivity index (χ1v) is 5.26. The fraction of sp³-hybridized carbons (Fsp3) is 0.417. The lowest BCUT2D eigenvalue weighted by atomic mass is 9.81. The van der Waals surface area contributed by atoms with Crippen LogP contribution in [-0.2, 0) is 10.2 Å². The third kappa shape index (κ3) is 1.69. The molecule has 1 unspecified atom stereocenters. The molecule has 0 aromatic heterocycles. The summed E-state index contributed by atoms with van der Waals surface area (Å²) >= 11 is 5.83. The smallest absolute Gasteiger partial charge is 0.133 e. The van der Waals surface area contributed by atoms with Crippen molar-refractivity contribution in [2.24, 2.45) is 0 Å². The van der Waals surface area contributed by atoms with Gasteiger partial charge in [-0.2, -0.15) is 0 Å². The Kier molecular flexibility index (Phi) is 2.36. The van der Waals surface area contributed by atoms with Gasteiger partial charge in [0.1, 0.15) is 5.78 Å². The molecular weight excluding hydrogens is 196 g/mol. The lowest BCUT2D eigenvalue weighted by molar-refractivity contribution is -0.117. The van der Waals surface area contributed by atoms with Gasteiger partial charge < -0.3 is 0 Å². The van der Waals surface area contributed by atoms with Gasteiger partial charge in [-0.25, -0.2) is 0 Å². The van der Waals surface area contributed by atoms with E-state index in [9.17, 15) is 4.79 Å². The molecule has 0 spiro atoms. The number of hydrogen-bond acceptors (Lipinski definition) is 1. The van der Waals surface area contributed by atoms with Crippen molar-refractivity contribution in [3.8, 4) is 0 Å². The molecule has 1 nitrogen and oxygen atoms in total. The van der Waals surface area contributed by atoms with E-state index in [1.54, 1.807) is 0 Å². The van der Waals surface area contributed by atoms with Gasteiger partial charge in [-0.1, -0.05) is 30.7 Å². The number of halogens is 1. The van der Waals surface area contributed by atoms with Gasteiger partial charge in [-0.15, -0.1) is 0 Å². The van der Waals surface area contributed by atoms with Crippen molar-refractivity contribution in [3.05, 3.63) is 34.9 Å². The molecule has 2 rings (SSSR count). The van der Waals surface area contributed by atoms with Crippen LogP contribution in [0.25, 0.3) is 0 Å². The molecule has 0 N–H and O–H groups in total. The summed E-state index contributed by atoms with van der Waals surface area (Å²) in [4.78, 5) is 11.3. The highest BCUT2D eigenvalue weighted by atomic mass is 35.5. The monoisotopic (exact) mass is 208 g/mol. The van der Waals surface area contributed by atoms with E-state index in [1.807, 2.05) is 24.3 Å². The number of rotatable bonds is 1. The van der Waals surface area contributed by atoms with Crippen LogP contribution in [0, 0.1) is 0 Å². The van der Waals surface area contributed by atoms with Crippen LogP contribution >= 0.6 is 11.6 Å². The molecule has 1 aromatic rings. The maximum Gasteiger partial charge on any atom is 0.133 e. The zero-order valence-corrected chi connectivity index (χ0v) is 8.97. The summed E-state index contributed by atoms with van der Waals surface area (Å²) in [6, 6.07) is 7.84. The van der Waals surface area contributed by atoms with Crippen LogP contribution in [0.3, 0.4) is 0 Å². The minimum Gasteiger partial charge on any atom is -0.300 e. The summed E-state index contributed by atoms with van der Waals surface area (Å²) in [6.07, 6.45) is 2.36. The van der Waals surface area contributed by atoms with Crippen molar-refractivity contribution in [1.29, 1.82) is 0 Å². The number of Topliss-reactive ketones (excluding diaryl/α,β-unsaturated/α-hetero) is 1. The maximum absolute atomic E-state index is 11.3. The van der Waals surface area contributed by atoms with Crippen molar-refractivity contribution < 1.29 is 4.79 Å². The maximum atomic E-state index is 11.3. The molecule has 0 heterocycles. The second-order valence-corrected chi connectivity index (χ2v) is 4.72. The van der Waals surface area contributed by atoms with E-state index in [0.717, 1.165) is 17.9 Å². The first kappa shape index (κ1) is 9.72. The summed E-state index contributed by atoms with van der Waals surface area (Å²) < 4.78 is 0. The molecule has 14 heavy (non-hydrogen) atoms. The topological polar surface area (TPSA) is 17.1 Å². The average molecular weight is 209 g/mol. The first-order chi connectivity index (χ1) is 6.60. The molecule has 0 amide bonds. The zero-order chi connectivity index (χ0) is 10.2. The number of carbonyl (C=O) groups is 1. The summed E-state index contributed by atoms with van der Waals surface area (Å²) in [5, 5.41) is 0.752. The van der Waals surface area contributed by atoms with Crippen LogP contribution in [0.2, 0.25) is 5.02 Å². The van der Waals surface area contributed by atoms with Crippen molar-refractivity contribution in [2.45, 2.75) is 31.6 Å². The molecule has 1 aliphatic rings. The number of benzene rings is 1. The highest BCUT2D eigenvalue weighted by Gasteiger charge is 2.35. The van der Waals surface area contributed by atoms with Crippen LogP contribution in [0.5, 0.6) is 0 Å². The Morgan fingerprint density at radius 3 is 2.43 bits per heavy atom. The van der Waals surface area contributed by atoms with Crippen LogP contribution in [0.15, 0.2) is 24.3 Å². The predicted octanol–water partition coefficient (Wildman–Crippen LogP) is 3.35. The SMILES string of the molecule is CC1(c2ccc(Cl)cc2)CCC(=O)C1. The Morgan fingerprint density at radius 2 is 1.93 bits per heavy atom. The van der Waals surface area contributed by atoms with Crippen molar-refractivity contribution in [1.82, 2.24) is 0 Å². The van der Waals surface area contributed by atoms with Gasteiger partial charge >= 0.3 is 0 Å². The van der Waals surface area contributed by atoms with Crippen LogP contribution in [0.1, 0.15) is 31.7 Å². The fourth-order valence-electron chi connectivity index (χ4n) is 2.13. The molecule has 2 heteroatoms. The third-order valence-corrected chi connectivity index (χ3v) is 3.34. The number of carbonyl (C=O) groups excluding carboxylic acids is 1. The molecule has 0 bridgehead atoms. The van der Waals surface area contributed by atoms with Gasteiger partial charge in [0.15, 0.2) is 0 Å². The molecule has 1 saturated carbocycles. The molecule has 1 atom stereocenters. The molecule has 0 aliphatic heterocycles. The van der Waals surface area contributed by atoms with E-state index >= 15 is 0 Å². The molecule has 74 valence electrons. The van der Waals surface area contributed by atoms with Crippen LogP contribution in [-0.4, -0.2) is 5.78 Å². The lowest BCUT2D eigenvalue weighted by Crippen LogP contribution is -2.17. The molecular formula is C12H13ClO. The van der Waals surface area contributed by atoms with Crippen molar-refractivity contribution in [2.75, 3.05) is 0 Å². The summed E-state index contributed by atoms with van der Waals surface area (Å²) in [6.45, 7) is 2.15. The number of hydrogen-bond donors (Lipinski definition) is 0. The zero-order valence-electron chi connectivity index (χ0n) is 8.22. The summed E-state index contributed by atoms with van der Waals surface area (Å²) in [5.41, 5.74) is 1.27. The lowest BCUT2D eigenvalue weighted by Gasteiger charge is -2.22. The van der Waals surface area contributed by atoms with Crippen molar-refractivity contribution >= 4 is 17.4 Å². The second-order valence-electron chi connectivity index (χ2n) is 4.28. The summed E-state index contributed by atoms with van der Waals surface area (Å²) in [7, 11) is 0. The molecule has 1 fully saturated rings. The van der Waals surface area contributed by atoms with E-state index in [0.29, 0.717) is 12.2 Å². The highest BCUT2D eigenvalue weighted by molar-refractivity contribution is 6.30. The normalized spacial score (nSPS) is 26.9. The molecule has 1 aliphatic carbocycles. The minimum absolute atomic E-state index is 0.0433. The Balaban J connectivity index is 2.30. The van der Waals surface area contributed by atoms with Gasteiger partial charge in [0.25, 0.3) is 0 Å². The van der Waals surface area contributed by atoms with E-state index in [4.69, 9.17) is 11.6 Å². The van der Waals surface area contributed by atoms with E-state index in [2.05, 4.69) is 6.92 Å². The molecule has 0 radical (unpaired) electrons. The molecule has 1 aromatic carbocycles. The minimum atomic E-state index is 0.0433. The third-order valence-electron chi connectivity index (χ3n) is 3.08. The van der Waals surface area contributed by atoms with Gasteiger partial charge in [-0.05, 0) is 29.5 Å². The fourth-order valence-corrected chi connectivity index (χ4v) is 2.25. The van der Waals surface area contributed by atoms with E-state index in [-0.39, 0.29) is 5.41 Å². The van der Waals surface area contributed by atoms with Gasteiger partial charge in [-0.3, -0.25) is 4.79 Å². The molecule has 0 saturated heterocycles. The Hall–Kier alpha value is -0.820. The Bertz CT molecular complexity index is 355. The van der Waals surface area contributed by atoms with Crippen molar-refractivity contribution in [3.63, 3.8) is 0 Å². The Morgan fingerprint density at radius 1 is 1.29 bits per heavy atom. The predicted molar refractivity (Wildman–Crippen MR) is 57.7 cm³/mol. The Labute approximate surface area is 89.1 Å². The first-order valence-electron chi connectivity index (χ1n) is 4.88. The number of ketones is 1. The quantitative estimate of drug-likeness (QED) is 0.692. The van der Waals surface area contributed by atoms with Crippen LogP contribution in [0.4, 0.5) is 0 Å². The standard InChI is InChI=1S/C12H13ClO/c1-12(7-6-11(14)8-12)9-2-4-10(13)5-3-9/h2-5H,6-8H2,1H3. The summed E-state index contributed by atoms with van der Waals surface area (Å²) in [5.74, 6) is 0.377. The van der Waals surface area contributed by atoms with E-state index in [1.165, 1.54) is 5.56 Å². The highest BCUT2D eigenvalue weighted by Crippen LogP contribution is 2.38. The van der Waals surface area contributed by atoms with E-state index < -0.39 is 0 Å². The van der Waals surface area contributed by atoms with Crippen LogP contribution < -0.4 is 0 Å². The van der Waals surface area contributed by atoms with Gasteiger partial charge in [0.05, 0.1) is 0 Å². The second kappa shape index (κ2) is 3.39. The largest absolute Gasteiger partial charge is 0.300 e. The van der Waals surface area contributed by atoms with Gasteiger partial charge in [0, 0.05) is 17.9 Å². The van der Waals surface area contributed by atoms with Gasteiger partial charge in [0.2, 0.25) is 0 Å². The average Bonchev–Trinajstić information content (AvgIpc) is 2.48.